The van der Waals surface area contributed by atoms with E-state index >= 15 is 0 Å². The normalized spacial score (nSPS) is 16.5. The van der Waals surface area contributed by atoms with Crippen molar-refractivity contribution in [2.45, 2.75) is 0 Å². The van der Waals surface area contributed by atoms with E-state index in [2.05, 4.69) is 21.0 Å². The number of hydrogen-bond acceptors (Lipinski definition) is 7. The van der Waals surface area contributed by atoms with Crippen molar-refractivity contribution < 1.29 is 22.7 Å². The number of ketones is 1. The molecular weight excluding hydrogens is 494 g/mol. The summed E-state index contributed by atoms with van der Waals surface area (Å²) in [5.41, 5.74) is 3.08. The maximum absolute atomic E-state index is 12.6. The van der Waals surface area contributed by atoms with Crippen LogP contribution in [0.5, 0.6) is 0 Å². The number of amides is 1. The van der Waals surface area contributed by atoms with Gasteiger partial charge in [-0.15, -0.1) is 0 Å². The molecule has 1 saturated heterocycles. The van der Waals surface area contributed by atoms with Gasteiger partial charge in [0.15, 0.2) is 5.78 Å². The monoisotopic (exact) mass is 525 g/mol. The number of hydrogen-bond donors (Lipinski definition) is 2. The van der Waals surface area contributed by atoms with Crippen molar-refractivity contribution in [1.82, 2.24) is 13.9 Å². The van der Waals surface area contributed by atoms with Gasteiger partial charge in [0, 0.05) is 68.5 Å². The highest BCUT2D eigenvalue weighted by atomic mass is 32.2. The van der Waals surface area contributed by atoms with Crippen LogP contribution >= 0.6 is 0 Å². The summed E-state index contributed by atoms with van der Waals surface area (Å²) in [6, 6.07) is 14.4. The standard InChI is InChI=1S/C26H31N5O5S/c1-29-16-18-31(19-17-29)37(34,35)27-13-20-36-26(33)28-23-10-8-22(9-11-23)25(32)12-15-30-14-4-6-21-5-2-3-7-24(21)30/h2-12,15,27H,13-14,16-20H2,1H3,(H,28,33). The highest BCUT2D eigenvalue weighted by Crippen LogP contribution is 2.25. The van der Waals surface area contributed by atoms with E-state index in [1.807, 2.05) is 42.3 Å². The molecule has 2 aliphatic rings. The second kappa shape index (κ2) is 12.2. The fourth-order valence-electron chi connectivity index (χ4n) is 3.98. The third kappa shape index (κ3) is 7.26. The highest BCUT2D eigenvalue weighted by molar-refractivity contribution is 7.87. The Balaban J connectivity index is 1.21. The Labute approximate surface area is 217 Å². The summed E-state index contributed by atoms with van der Waals surface area (Å²) in [7, 11) is -1.66. The van der Waals surface area contributed by atoms with Crippen molar-refractivity contribution in [1.29, 1.82) is 0 Å². The summed E-state index contributed by atoms with van der Waals surface area (Å²) in [6.45, 7) is 2.73. The van der Waals surface area contributed by atoms with E-state index in [1.54, 1.807) is 30.5 Å². The van der Waals surface area contributed by atoms with E-state index in [9.17, 15) is 18.0 Å². The zero-order valence-electron chi connectivity index (χ0n) is 20.7. The van der Waals surface area contributed by atoms with Gasteiger partial charge in [0.2, 0.25) is 0 Å². The number of nitrogens with one attached hydrogen (secondary N) is 2. The average molecular weight is 526 g/mol. The van der Waals surface area contributed by atoms with Gasteiger partial charge in [0.1, 0.15) is 6.61 Å². The van der Waals surface area contributed by atoms with Gasteiger partial charge >= 0.3 is 6.09 Å². The molecule has 0 atom stereocenters. The summed E-state index contributed by atoms with van der Waals surface area (Å²) < 4.78 is 33.5. The van der Waals surface area contributed by atoms with E-state index in [4.69, 9.17) is 4.74 Å². The number of allylic oxidation sites excluding steroid dienone is 1. The third-order valence-corrected chi connectivity index (χ3v) is 7.70. The van der Waals surface area contributed by atoms with E-state index in [1.165, 1.54) is 10.4 Å². The van der Waals surface area contributed by atoms with Gasteiger partial charge in [-0.1, -0.05) is 30.4 Å². The van der Waals surface area contributed by atoms with Crippen LogP contribution in [-0.4, -0.2) is 82.4 Å². The number of nitrogens with zero attached hydrogens (tertiary/aromatic N) is 3. The molecule has 0 radical (unpaired) electrons. The van der Waals surface area contributed by atoms with Crippen LogP contribution in [0.25, 0.3) is 6.08 Å². The number of rotatable bonds is 9. The van der Waals surface area contributed by atoms with Crippen LogP contribution in [0.2, 0.25) is 0 Å². The van der Waals surface area contributed by atoms with E-state index < -0.39 is 16.3 Å². The van der Waals surface area contributed by atoms with Gasteiger partial charge < -0.3 is 14.5 Å². The van der Waals surface area contributed by atoms with Crippen LogP contribution in [0, 0.1) is 0 Å². The Hall–Kier alpha value is -3.51. The summed E-state index contributed by atoms with van der Waals surface area (Å²) >= 11 is 0. The minimum Gasteiger partial charge on any atom is -0.448 e. The molecule has 2 aliphatic heterocycles. The van der Waals surface area contributed by atoms with E-state index in [-0.39, 0.29) is 18.9 Å². The maximum Gasteiger partial charge on any atom is 0.411 e. The number of carbonyl (C=O) groups excluding carboxylic acids is 2. The lowest BCUT2D eigenvalue weighted by molar-refractivity contribution is 0.104. The molecule has 2 N–H and O–H groups in total. The summed E-state index contributed by atoms with van der Waals surface area (Å²) in [5.74, 6) is -0.159. The Morgan fingerprint density at radius 2 is 1.76 bits per heavy atom. The fourth-order valence-corrected chi connectivity index (χ4v) is 5.15. The molecule has 37 heavy (non-hydrogen) atoms. The van der Waals surface area contributed by atoms with Crippen LogP contribution in [0.15, 0.2) is 66.9 Å². The molecule has 0 bridgehead atoms. The minimum atomic E-state index is -3.60. The van der Waals surface area contributed by atoms with Crippen LogP contribution in [0.4, 0.5) is 16.2 Å². The molecule has 4 rings (SSSR count). The van der Waals surface area contributed by atoms with Crippen molar-refractivity contribution in [3.05, 3.63) is 78.0 Å². The smallest absolute Gasteiger partial charge is 0.411 e. The van der Waals surface area contributed by atoms with Crippen LogP contribution in [0.3, 0.4) is 0 Å². The second-order valence-corrected chi connectivity index (χ2v) is 10.5. The average Bonchev–Trinajstić information content (AvgIpc) is 2.90. The first-order chi connectivity index (χ1) is 17.8. The molecular formula is C26H31N5O5S. The lowest BCUT2D eigenvalue weighted by atomic mass is 10.1. The molecule has 0 aromatic heterocycles. The highest BCUT2D eigenvalue weighted by Gasteiger charge is 2.25. The van der Waals surface area contributed by atoms with Gasteiger partial charge in [0.25, 0.3) is 10.2 Å². The van der Waals surface area contributed by atoms with Crippen LogP contribution < -0.4 is 14.9 Å². The van der Waals surface area contributed by atoms with Crippen LogP contribution in [-0.2, 0) is 14.9 Å². The van der Waals surface area contributed by atoms with Crippen molar-refractivity contribution in [2.75, 3.05) is 63.1 Å². The first kappa shape index (κ1) is 26.6. The molecule has 1 amide bonds. The quantitative estimate of drug-likeness (QED) is 0.294. The summed E-state index contributed by atoms with van der Waals surface area (Å²) in [4.78, 5) is 28.7. The SMILES string of the molecule is CN1CCN(S(=O)(=O)NCCOC(=O)Nc2ccc(C(=O)C=CN3CC=Cc4ccccc43)cc2)CC1. The number of para-hydroxylation sites is 1. The molecule has 10 nitrogen and oxygen atoms in total. The predicted molar refractivity (Wildman–Crippen MR) is 144 cm³/mol. The number of likely N-dealkylation sites (N-methyl/N-ethyl adjacent to an activating group) is 1. The number of ether oxygens (including phenoxy) is 1. The van der Waals surface area contributed by atoms with Crippen molar-refractivity contribution in [3.8, 4) is 0 Å². The van der Waals surface area contributed by atoms with Crippen molar-refractivity contribution >= 4 is 39.5 Å². The molecule has 0 saturated carbocycles. The number of carbonyl (C=O) groups is 2. The lowest BCUT2D eigenvalue weighted by Crippen LogP contribution is -2.51. The fraction of sp³-hybridized carbons (Fsp3) is 0.308. The molecule has 1 fully saturated rings. The van der Waals surface area contributed by atoms with Gasteiger partial charge in [-0.25, -0.2) is 4.79 Å². The Bertz CT molecular complexity index is 1270. The first-order valence-corrected chi connectivity index (χ1v) is 13.5. The first-order valence-electron chi connectivity index (χ1n) is 12.0. The van der Waals surface area contributed by atoms with Gasteiger partial charge in [-0.2, -0.15) is 17.4 Å². The third-order valence-electron chi connectivity index (χ3n) is 6.09. The molecule has 11 heteroatoms. The number of piperazine rings is 1. The largest absolute Gasteiger partial charge is 0.448 e. The van der Waals surface area contributed by atoms with E-state index in [0.717, 1.165) is 11.3 Å². The van der Waals surface area contributed by atoms with Crippen molar-refractivity contribution in [3.63, 3.8) is 0 Å². The summed E-state index contributed by atoms with van der Waals surface area (Å²) in [5, 5.41) is 2.57. The zero-order chi connectivity index (χ0) is 26.3. The molecule has 0 spiro atoms. The Morgan fingerprint density at radius 1 is 1.03 bits per heavy atom. The molecule has 2 heterocycles. The predicted octanol–water partition coefficient (Wildman–Crippen LogP) is 2.55. The molecule has 2 aromatic rings. The van der Waals surface area contributed by atoms with Gasteiger partial charge in [-0.3, -0.25) is 10.1 Å². The topological polar surface area (TPSA) is 111 Å². The number of anilines is 2. The Morgan fingerprint density at radius 3 is 2.51 bits per heavy atom. The second-order valence-electron chi connectivity index (χ2n) is 8.73. The maximum atomic E-state index is 12.6. The molecule has 196 valence electrons. The minimum absolute atomic E-state index is 0.0286. The van der Waals surface area contributed by atoms with E-state index in [0.29, 0.717) is 44.0 Å². The summed E-state index contributed by atoms with van der Waals surface area (Å²) in [6.07, 6.45) is 6.68. The number of fused-ring (bicyclic) bond motifs is 1. The molecule has 0 unspecified atom stereocenters. The van der Waals surface area contributed by atoms with Gasteiger partial charge in [-0.05, 0) is 42.9 Å². The molecule has 0 aliphatic carbocycles. The number of benzene rings is 2. The lowest BCUT2D eigenvalue weighted by Gasteiger charge is -2.31. The van der Waals surface area contributed by atoms with Crippen LogP contribution in [0.1, 0.15) is 15.9 Å². The Kier molecular flexibility index (Phi) is 8.72. The van der Waals surface area contributed by atoms with Gasteiger partial charge in [0.05, 0.1) is 0 Å². The van der Waals surface area contributed by atoms with Crippen molar-refractivity contribution in [2.24, 2.45) is 0 Å². The molecule has 2 aromatic carbocycles. The zero-order valence-corrected chi connectivity index (χ0v) is 21.5.